The van der Waals surface area contributed by atoms with Crippen LogP contribution in [0.2, 0.25) is 5.02 Å². The van der Waals surface area contributed by atoms with Gasteiger partial charge in [0.05, 0.1) is 5.02 Å². The number of carbonyl (C=O) groups excluding carboxylic acids is 2. The van der Waals surface area contributed by atoms with Gasteiger partial charge in [-0.15, -0.1) is 0 Å². The summed E-state index contributed by atoms with van der Waals surface area (Å²) in [6.45, 7) is 5.57. The van der Waals surface area contributed by atoms with Crippen LogP contribution in [0.1, 0.15) is 31.1 Å². The van der Waals surface area contributed by atoms with Gasteiger partial charge in [-0.1, -0.05) is 17.7 Å². The largest absolute Gasteiger partial charge is 0.487 e. The number of rotatable bonds is 3. The molecule has 3 amide bonds. The number of ether oxygens (including phenoxy) is 1. The van der Waals surface area contributed by atoms with Crippen molar-refractivity contribution in [1.82, 2.24) is 5.32 Å². The molecule has 8 heteroatoms. The number of nitrogens with one attached hydrogen (secondary N) is 2. The number of anilines is 1. The zero-order valence-corrected chi connectivity index (χ0v) is 15.1. The van der Waals surface area contributed by atoms with E-state index in [-0.39, 0.29) is 10.7 Å². The molecule has 2 aromatic rings. The topological polar surface area (TPSA) is 67.4 Å². The minimum atomic E-state index is -1.20. The summed E-state index contributed by atoms with van der Waals surface area (Å²) in [6.07, 6.45) is 0. The molecule has 0 bridgehead atoms. The SMILES string of the molecule is CC(C)(C)Oc1ccc(NC(=O)NC(=O)c2c(F)cccc2F)cc1Cl. The molecule has 0 heterocycles. The van der Waals surface area contributed by atoms with Crippen molar-refractivity contribution in [2.45, 2.75) is 26.4 Å². The van der Waals surface area contributed by atoms with E-state index in [2.05, 4.69) is 5.32 Å². The van der Waals surface area contributed by atoms with Crippen LogP contribution in [0.15, 0.2) is 36.4 Å². The minimum absolute atomic E-state index is 0.254. The normalized spacial score (nSPS) is 11.0. The lowest BCUT2D eigenvalue weighted by Crippen LogP contribution is -2.35. The first kappa shape index (κ1) is 19.7. The third-order valence-electron chi connectivity index (χ3n) is 3.02. The van der Waals surface area contributed by atoms with Crippen molar-refractivity contribution < 1.29 is 23.1 Å². The predicted octanol–water partition coefficient (Wildman–Crippen LogP) is 4.76. The van der Waals surface area contributed by atoms with Gasteiger partial charge in [-0.05, 0) is 51.1 Å². The number of imide groups is 1. The highest BCUT2D eigenvalue weighted by Gasteiger charge is 2.19. The van der Waals surface area contributed by atoms with E-state index in [1.807, 2.05) is 26.1 Å². The first-order chi connectivity index (χ1) is 12.1. The summed E-state index contributed by atoms with van der Waals surface area (Å²) >= 11 is 6.10. The standard InChI is InChI=1S/C18H17ClF2N2O3/c1-18(2,3)26-14-8-7-10(9-11(14)19)22-17(25)23-16(24)15-12(20)5-4-6-13(15)21/h4-9H,1-3H3,(H2,22,23,24,25). The molecule has 2 aromatic carbocycles. The number of amides is 3. The van der Waals surface area contributed by atoms with E-state index < -0.39 is 34.7 Å². The predicted molar refractivity (Wildman–Crippen MR) is 94.7 cm³/mol. The second kappa shape index (κ2) is 7.70. The molecule has 0 saturated carbocycles. The fourth-order valence-electron chi connectivity index (χ4n) is 2.03. The third-order valence-corrected chi connectivity index (χ3v) is 3.32. The first-order valence-electron chi connectivity index (χ1n) is 7.62. The summed E-state index contributed by atoms with van der Waals surface area (Å²) in [5, 5.41) is 4.47. The number of halogens is 3. The van der Waals surface area contributed by atoms with Gasteiger partial charge in [0.15, 0.2) is 0 Å². The van der Waals surface area contributed by atoms with E-state index in [4.69, 9.17) is 16.3 Å². The third kappa shape index (κ3) is 5.16. The number of urea groups is 1. The molecule has 0 aliphatic carbocycles. The van der Waals surface area contributed by atoms with Crippen LogP contribution in [-0.2, 0) is 0 Å². The molecule has 0 aliphatic heterocycles. The number of carbonyl (C=O) groups is 2. The van der Waals surface area contributed by atoms with Crippen LogP contribution in [0, 0.1) is 11.6 Å². The van der Waals surface area contributed by atoms with E-state index >= 15 is 0 Å². The Morgan fingerprint density at radius 1 is 1.08 bits per heavy atom. The average Bonchev–Trinajstić information content (AvgIpc) is 2.48. The highest BCUT2D eigenvalue weighted by molar-refractivity contribution is 6.32. The van der Waals surface area contributed by atoms with Crippen LogP contribution < -0.4 is 15.4 Å². The molecule has 138 valence electrons. The van der Waals surface area contributed by atoms with Gasteiger partial charge in [-0.2, -0.15) is 0 Å². The summed E-state index contributed by atoms with van der Waals surface area (Å²) in [7, 11) is 0. The first-order valence-corrected chi connectivity index (χ1v) is 7.99. The Hall–Kier alpha value is -2.67. The molecular formula is C18H17ClF2N2O3. The van der Waals surface area contributed by atoms with E-state index in [0.29, 0.717) is 5.75 Å². The maximum absolute atomic E-state index is 13.5. The van der Waals surface area contributed by atoms with Gasteiger partial charge in [-0.3, -0.25) is 10.1 Å². The zero-order valence-electron chi connectivity index (χ0n) is 14.3. The Morgan fingerprint density at radius 2 is 1.69 bits per heavy atom. The van der Waals surface area contributed by atoms with Gasteiger partial charge in [0.1, 0.15) is 28.5 Å². The van der Waals surface area contributed by atoms with Crippen molar-refractivity contribution in [2.24, 2.45) is 0 Å². The summed E-state index contributed by atoms with van der Waals surface area (Å²) in [6, 6.07) is 6.49. The molecule has 0 unspecified atom stereocenters. The molecule has 0 saturated heterocycles. The van der Waals surface area contributed by atoms with Crippen LogP contribution >= 0.6 is 11.6 Å². The monoisotopic (exact) mass is 382 g/mol. The smallest absolute Gasteiger partial charge is 0.326 e. The van der Waals surface area contributed by atoms with Gasteiger partial charge in [0.2, 0.25) is 0 Å². The maximum Gasteiger partial charge on any atom is 0.326 e. The van der Waals surface area contributed by atoms with Crippen molar-refractivity contribution in [2.75, 3.05) is 5.32 Å². The maximum atomic E-state index is 13.5. The minimum Gasteiger partial charge on any atom is -0.487 e. The molecular weight excluding hydrogens is 366 g/mol. The molecule has 2 N–H and O–H groups in total. The Morgan fingerprint density at radius 3 is 2.23 bits per heavy atom. The lowest BCUT2D eigenvalue weighted by molar-refractivity contribution is 0.0958. The van der Waals surface area contributed by atoms with Crippen LogP contribution in [0.4, 0.5) is 19.3 Å². The summed E-state index contributed by atoms with van der Waals surface area (Å²) in [4.78, 5) is 23.7. The van der Waals surface area contributed by atoms with Crippen LogP contribution in [0.25, 0.3) is 0 Å². The molecule has 2 rings (SSSR count). The molecule has 5 nitrogen and oxygen atoms in total. The average molecular weight is 383 g/mol. The zero-order chi connectivity index (χ0) is 19.5. The number of hydrogen-bond acceptors (Lipinski definition) is 3. The van der Waals surface area contributed by atoms with Crippen molar-refractivity contribution in [3.63, 3.8) is 0 Å². The van der Waals surface area contributed by atoms with Gasteiger partial charge in [-0.25, -0.2) is 13.6 Å². The summed E-state index contributed by atoms with van der Waals surface area (Å²) < 4.78 is 32.7. The molecule has 0 fully saturated rings. The van der Waals surface area contributed by atoms with Gasteiger partial charge in [0.25, 0.3) is 5.91 Å². The quantitative estimate of drug-likeness (QED) is 0.804. The molecule has 0 radical (unpaired) electrons. The van der Waals surface area contributed by atoms with Crippen molar-refractivity contribution in [3.05, 3.63) is 58.6 Å². The van der Waals surface area contributed by atoms with Gasteiger partial charge in [0, 0.05) is 5.69 Å². The highest BCUT2D eigenvalue weighted by Crippen LogP contribution is 2.30. The Bertz CT molecular complexity index is 831. The van der Waals surface area contributed by atoms with Crippen LogP contribution in [0.5, 0.6) is 5.75 Å². The summed E-state index contributed by atoms with van der Waals surface area (Å²) in [5.41, 5.74) is -1.02. The second-order valence-electron chi connectivity index (χ2n) is 6.36. The summed E-state index contributed by atoms with van der Waals surface area (Å²) in [5.74, 6) is -2.91. The van der Waals surface area contributed by atoms with E-state index in [1.54, 1.807) is 6.07 Å². The number of benzene rings is 2. The van der Waals surface area contributed by atoms with E-state index in [9.17, 15) is 18.4 Å². The second-order valence-corrected chi connectivity index (χ2v) is 6.77. The molecule has 0 aromatic heterocycles. The molecule has 26 heavy (non-hydrogen) atoms. The number of hydrogen-bond donors (Lipinski definition) is 2. The highest BCUT2D eigenvalue weighted by atomic mass is 35.5. The molecule has 0 atom stereocenters. The van der Waals surface area contributed by atoms with Gasteiger partial charge >= 0.3 is 6.03 Å². The van der Waals surface area contributed by atoms with Crippen LogP contribution in [-0.4, -0.2) is 17.5 Å². The van der Waals surface area contributed by atoms with Gasteiger partial charge < -0.3 is 10.1 Å². The van der Waals surface area contributed by atoms with Crippen molar-refractivity contribution >= 4 is 29.2 Å². The Labute approximate surface area is 154 Å². The van der Waals surface area contributed by atoms with Crippen molar-refractivity contribution in [3.8, 4) is 5.75 Å². The lowest BCUT2D eigenvalue weighted by atomic mass is 10.2. The molecule has 0 aliphatic rings. The fourth-order valence-corrected chi connectivity index (χ4v) is 2.25. The Balaban J connectivity index is 2.06. The molecule has 0 spiro atoms. The lowest BCUT2D eigenvalue weighted by Gasteiger charge is -2.22. The van der Waals surface area contributed by atoms with E-state index in [0.717, 1.165) is 18.2 Å². The van der Waals surface area contributed by atoms with Crippen molar-refractivity contribution in [1.29, 1.82) is 0 Å². The fraction of sp³-hybridized carbons (Fsp3) is 0.222. The van der Waals surface area contributed by atoms with E-state index in [1.165, 1.54) is 12.1 Å². The van der Waals surface area contributed by atoms with Crippen LogP contribution in [0.3, 0.4) is 0 Å². The Kier molecular flexibility index (Phi) is 5.82.